The van der Waals surface area contributed by atoms with Gasteiger partial charge in [-0.1, -0.05) is 19.3 Å². The number of hydrogen-bond acceptors (Lipinski definition) is 3. The van der Waals surface area contributed by atoms with E-state index in [0.717, 1.165) is 18.7 Å². The van der Waals surface area contributed by atoms with Crippen molar-refractivity contribution in [2.45, 2.75) is 51.6 Å². The number of furan rings is 1. The Labute approximate surface area is 103 Å². The van der Waals surface area contributed by atoms with Crippen LogP contribution in [0.25, 0.3) is 0 Å². The molecule has 96 valence electrons. The molecule has 0 aromatic carbocycles. The van der Waals surface area contributed by atoms with Crippen LogP contribution in [0.4, 0.5) is 0 Å². The molecule has 17 heavy (non-hydrogen) atoms. The highest BCUT2D eigenvalue weighted by atomic mass is 16.3. The Balaban J connectivity index is 1.89. The largest absolute Gasteiger partial charge is 0.468 e. The summed E-state index contributed by atoms with van der Waals surface area (Å²) in [5.41, 5.74) is 1.20. The SMILES string of the molecule is Cc1ccoc1CNC1CCCCCC1CO. The zero-order chi connectivity index (χ0) is 12.1. The molecule has 1 heterocycles. The van der Waals surface area contributed by atoms with Crippen LogP contribution in [0.2, 0.25) is 0 Å². The third kappa shape index (κ3) is 3.33. The molecule has 1 aliphatic carbocycles. The lowest BCUT2D eigenvalue weighted by molar-refractivity contribution is 0.179. The fourth-order valence-electron chi connectivity index (χ4n) is 2.68. The molecule has 1 aromatic rings. The van der Waals surface area contributed by atoms with Crippen molar-refractivity contribution in [3.63, 3.8) is 0 Å². The Bertz CT molecular complexity index is 335. The van der Waals surface area contributed by atoms with Crippen LogP contribution in [0.5, 0.6) is 0 Å². The molecule has 2 N–H and O–H groups in total. The summed E-state index contributed by atoms with van der Waals surface area (Å²) >= 11 is 0. The van der Waals surface area contributed by atoms with E-state index in [0.29, 0.717) is 18.6 Å². The molecule has 2 rings (SSSR count). The van der Waals surface area contributed by atoms with Crippen molar-refractivity contribution >= 4 is 0 Å². The van der Waals surface area contributed by atoms with Crippen molar-refractivity contribution in [2.24, 2.45) is 5.92 Å². The van der Waals surface area contributed by atoms with E-state index in [1.54, 1.807) is 6.26 Å². The van der Waals surface area contributed by atoms with Crippen molar-refractivity contribution in [3.05, 3.63) is 23.7 Å². The molecule has 3 nitrogen and oxygen atoms in total. The minimum atomic E-state index is 0.300. The molecule has 0 saturated heterocycles. The van der Waals surface area contributed by atoms with Crippen LogP contribution in [0, 0.1) is 12.8 Å². The number of aryl methyl sites for hydroxylation is 1. The zero-order valence-electron chi connectivity index (χ0n) is 10.6. The van der Waals surface area contributed by atoms with Crippen molar-refractivity contribution in [3.8, 4) is 0 Å². The van der Waals surface area contributed by atoms with E-state index in [2.05, 4.69) is 12.2 Å². The Morgan fingerprint density at radius 2 is 2.18 bits per heavy atom. The van der Waals surface area contributed by atoms with Crippen LogP contribution in [0.3, 0.4) is 0 Å². The van der Waals surface area contributed by atoms with Gasteiger partial charge in [-0.25, -0.2) is 0 Å². The topological polar surface area (TPSA) is 45.4 Å². The number of rotatable bonds is 4. The lowest BCUT2D eigenvalue weighted by Crippen LogP contribution is -2.36. The smallest absolute Gasteiger partial charge is 0.120 e. The van der Waals surface area contributed by atoms with Gasteiger partial charge < -0.3 is 14.8 Å². The summed E-state index contributed by atoms with van der Waals surface area (Å²) in [5, 5.41) is 13.0. The summed E-state index contributed by atoms with van der Waals surface area (Å²) in [6.07, 6.45) is 7.88. The summed E-state index contributed by atoms with van der Waals surface area (Å²) in [4.78, 5) is 0. The molecule has 1 fully saturated rings. The number of aliphatic hydroxyl groups is 1. The van der Waals surface area contributed by atoms with E-state index in [1.807, 2.05) is 6.07 Å². The van der Waals surface area contributed by atoms with Gasteiger partial charge in [0.05, 0.1) is 12.8 Å². The standard InChI is InChI=1S/C14H23NO2/c1-11-7-8-17-14(11)9-15-13-6-4-2-3-5-12(13)10-16/h7-8,12-13,15-16H,2-6,9-10H2,1H3. The van der Waals surface area contributed by atoms with Crippen LogP contribution in [0.1, 0.15) is 43.4 Å². The molecule has 1 saturated carbocycles. The summed E-state index contributed by atoms with van der Waals surface area (Å²) in [6, 6.07) is 2.43. The highest BCUT2D eigenvalue weighted by Crippen LogP contribution is 2.23. The molecule has 1 aromatic heterocycles. The van der Waals surface area contributed by atoms with Crippen LogP contribution in [-0.2, 0) is 6.54 Å². The first-order valence-electron chi connectivity index (χ1n) is 6.68. The van der Waals surface area contributed by atoms with Crippen molar-refractivity contribution in [1.82, 2.24) is 5.32 Å². The Hall–Kier alpha value is -0.800. The van der Waals surface area contributed by atoms with Crippen LogP contribution in [0.15, 0.2) is 16.7 Å². The second-order valence-corrected chi connectivity index (χ2v) is 5.09. The summed E-state index contributed by atoms with van der Waals surface area (Å²) in [6.45, 7) is 3.14. The second-order valence-electron chi connectivity index (χ2n) is 5.09. The maximum Gasteiger partial charge on any atom is 0.120 e. The minimum absolute atomic E-state index is 0.300. The monoisotopic (exact) mass is 237 g/mol. The van der Waals surface area contributed by atoms with E-state index >= 15 is 0 Å². The molecule has 0 bridgehead atoms. The van der Waals surface area contributed by atoms with Gasteiger partial charge in [-0.05, 0) is 37.3 Å². The molecule has 2 unspecified atom stereocenters. The summed E-state index contributed by atoms with van der Waals surface area (Å²) in [5.74, 6) is 1.43. The fraction of sp³-hybridized carbons (Fsp3) is 0.714. The van der Waals surface area contributed by atoms with Gasteiger partial charge in [-0.2, -0.15) is 0 Å². The van der Waals surface area contributed by atoms with Gasteiger partial charge in [0.15, 0.2) is 0 Å². The maximum absolute atomic E-state index is 9.43. The van der Waals surface area contributed by atoms with Gasteiger partial charge in [0, 0.05) is 12.6 Å². The lowest BCUT2D eigenvalue weighted by atomic mass is 9.95. The predicted molar refractivity (Wildman–Crippen MR) is 67.7 cm³/mol. The summed E-state index contributed by atoms with van der Waals surface area (Å²) in [7, 11) is 0. The Morgan fingerprint density at radius 1 is 1.35 bits per heavy atom. The van der Waals surface area contributed by atoms with E-state index in [1.165, 1.54) is 31.2 Å². The Kier molecular flexibility index (Phi) is 4.63. The fourth-order valence-corrected chi connectivity index (χ4v) is 2.68. The van der Waals surface area contributed by atoms with Crippen molar-refractivity contribution < 1.29 is 9.52 Å². The Morgan fingerprint density at radius 3 is 2.88 bits per heavy atom. The van der Waals surface area contributed by atoms with E-state index in [9.17, 15) is 5.11 Å². The molecule has 2 atom stereocenters. The third-order valence-corrected chi connectivity index (χ3v) is 3.89. The number of hydrogen-bond donors (Lipinski definition) is 2. The maximum atomic E-state index is 9.43. The highest BCUT2D eigenvalue weighted by Gasteiger charge is 2.22. The second kappa shape index (κ2) is 6.22. The molecule has 3 heteroatoms. The molecule has 0 amide bonds. The van der Waals surface area contributed by atoms with Crippen molar-refractivity contribution in [1.29, 1.82) is 0 Å². The van der Waals surface area contributed by atoms with Gasteiger partial charge >= 0.3 is 0 Å². The third-order valence-electron chi connectivity index (χ3n) is 3.89. The highest BCUT2D eigenvalue weighted by molar-refractivity contribution is 5.14. The van der Waals surface area contributed by atoms with Gasteiger partial charge in [0.25, 0.3) is 0 Å². The molecular formula is C14H23NO2. The zero-order valence-corrected chi connectivity index (χ0v) is 10.6. The van der Waals surface area contributed by atoms with Crippen LogP contribution < -0.4 is 5.32 Å². The molecular weight excluding hydrogens is 214 g/mol. The first kappa shape index (κ1) is 12.7. The molecule has 0 aliphatic heterocycles. The van der Waals surface area contributed by atoms with Gasteiger partial charge in [-0.15, -0.1) is 0 Å². The first-order chi connectivity index (χ1) is 8.31. The number of aliphatic hydroxyl groups excluding tert-OH is 1. The van der Waals surface area contributed by atoms with E-state index in [4.69, 9.17) is 4.42 Å². The van der Waals surface area contributed by atoms with Gasteiger partial charge in [-0.3, -0.25) is 0 Å². The van der Waals surface area contributed by atoms with Gasteiger partial charge in [0.2, 0.25) is 0 Å². The van der Waals surface area contributed by atoms with Crippen LogP contribution in [-0.4, -0.2) is 17.8 Å². The van der Waals surface area contributed by atoms with Crippen LogP contribution >= 0.6 is 0 Å². The average molecular weight is 237 g/mol. The first-order valence-corrected chi connectivity index (χ1v) is 6.68. The predicted octanol–water partition coefficient (Wildman–Crippen LogP) is 2.62. The van der Waals surface area contributed by atoms with Crippen molar-refractivity contribution in [2.75, 3.05) is 6.61 Å². The van der Waals surface area contributed by atoms with Gasteiger partial charge in [0.1, 0.15) is 5.76 Å². The normalized spacial score (nSPS) is 25.8. The molecule has 1 aliphatic rings. The van der Waals surface area contributed by atoms with E-state index < -0.39 is 0 Å². The quantitative estimate of drug-likeness (QED) is 0.791. The summed E-state index contributed by atoms with van der Waals surface area (Å²) < 4.78 is 5.43. The van der Waals surface area contributed by atoms with E-state index in [-0.39, 0.29) is 0 Å². The number of nitrogens with one attached hydrogen (secondary N) is 1. The molecule has 0 spiro atoms. The lowest BCUT2D eigenvalue weighted by Gasteiger charge is -2.24. The molecule has 0 radical (unpaired) electrons. The average Bonchev–Trinajstić information content (AvgIpc) is 2.63. The minimum Gasteiger partial charge on any atom is -0.468 e.